The van der Waals surface area contributed by atoms with Crippen LogP contribution < -0.4 is 15.8 Å². The van der Waals surface area contributed by atoms with E-state index in [0.29, 0.717) is 5.69 Å². The predicted octanol–water partition coefficient (Wildman–Crippen LogP) is 3.94. The fourth-order valence-electron chi connectivity index (χ4n) is 2.17. The summed E-state index contributed by atoms with van der Waals surface area (Å²) >= 11 is 1.59. The van der Waals surface area contributed by atoms with Gasteiger partial charge in [-0.25, -0.2) is 4.98 Å². The SMILES string of the molecule is COc1ccc(Nc2ccc3scnc3c2N)cc1C. The Balaban J connectivity index is 1.96. The summed E-state index contributed by atoms with van der Waals surface area (Å²) in [7, 11) is 1.67. The zero-order chi connectivity index (χ0) is 14.1. The molecule has 0 aliphatic heterocycles. The van der Waals surface area contributed by atoms with Crippen LogP contribution in [0, 0.1) is 6.92 Å². The summed E-state index contributed by atoms with van der Waals surface area (Å²) in [4.78, 5) is 4.30. The number of rotatable bonds is 3. The number of hydrogen-bond acceptors (Lipinski definition) is 5. The average molecular weight is 285 g/mol. The maximum Gasteiger partial charge on any atom is 0.121 e. The number of benzene rings is 2. The molecule has 0 fully saturated rings. The maximum absolute atomic E-state index is 6.16. The van der Waals surface area contributed by atoms with Crippen molar-refractivity contribution in [1.82, 2.24) is 4.98 Å². The van der Waals surface area contributed by atoms with Gasteiger partial charge in [-0.1, -0.05) is 0 Å². The second-order valence-corrected chi connectivity index (χ2v) is 5.42. The quantitative estimate of drug-likeness (QED) is 0.716. The first kappa shape index (κ1) is 12.7. The van der Waals surface area contributed by atoms with Gasteiger partial charge in [0.15, 0.2) is 0 Å². The molecule has 3 rings (SSSR count). The summed E-state index contributed by atoms with van der Waals surface area (Å²) in [5.41, 5.74) is 12.4. The minimum atomic E-state index is 0.678. The summed E-state index contributed by atoms with van der Waals surface area (Å²) < 4.78 is 6.36. The molecule has 0 aliphatic rings. The van der Waals surface area contributed by atoms with Crippen LogP contribution in [0.1, 0.15) is 5.56 Å². The van der Waals surface area contributed by atoms with Crippen molar-refractivity contribution < 1.29 is 4.74 Å². The van der Waals surface area contributed by atoms with E-state index >= 15 is 0 Å². The second kappa shape index (κ2) is 5.02. The Morgan fingerprint density at radius 3 is 2.85 bits per heavy atom. The van der Waals surface area contributed by atoms with E-state index in [1.54, 1.807) is 18.4 Å². The number of anilines is 3. The van der Waals surface area contributed by atoms with Crippen LogP contribution in [0.3, 0.4) is 0 Å². The van der Waals surface area contributed by atoms with Crippen LogP contribution in [0.4, 0.5) is 17.1 Å². The lowest BCUT2D eigenvalue weighted by atomic mass is 10.2. The van der Waals surface area contributed by atoms with Crippen LogP contribution in [-0.4, -0.2) is 12.1 Å². The molecule has 0 atom stereocenters. The van der Waals surface area contributed by atoms with Crippen molar-refractivity contribution >= 4 is 38.6 Å². The van der Waals surface area contributed by atoms with Crippen LogP contribution >= 0.6 is 11.3 Å². The summed E-state index contributed by atoms with van der Waals surface area (Å²) in [6, 6.07) is 9.95. The van der Waals surface area contributed by atoms with Crippen LogP contribution in [0.5, 0.6) is 5.75 Å². The third-order valence-electron chi connectivity index (χ3n) is 3.22. The summed E-state index contributed by atoms with van der Waals surface area (Å²) in [5.74, 6) is 0.874. The van der Waals surface area contributed by atoms with Crippen molar-refractivity contribution in [3.05, 3.63) is 41.4 Å². The number of ether oxygens (including phenoxy) is 1. The molecule has 0 spiro atoms. The Morgan fingerprint density at radius 2 is 2.10 bits per heavy atom. The van der Waals surface area contributed by atoms with Crippen LogP contribution in [0.2, 0.25) is 0 Å². The van der Waals surface area contributed by atoms with Gasteiger partial charge in [-0.15, -0.1) is 11.3 Å². The number of methoxy groups -OCH3 is 1. The first-order chi connectivity index (χ1) is 9.69. The second-order valence-electron chi connectivity index (χ2n) is 4.54. The molecule has 0 unspecified atom stereocenters. The molecular formula is C15H15N3OS. The van der Waals surface area contributed by atoms with Crippen LogP contribution in [-0.2, 0) is 0 Å². The molecule has 1 heterocycles. The van der Waals surface area contributed by atoms with Gasteiger partial charge in [0.05, 0.1) is 28.7 Å². The number of aromatic nitrogens is 1. The fraction of sp³-hybridized carbons (Fsp3) is 0.133. The van der Waals surface area contributed by atoms with E-state index in [4.69, 9.17) is 10.5 Å². The first-order valence-electron chi connectivity index (χ1n) is 6.22. The third-order valence-corrected chi connectivity index (χ3v) is 4.01. The maximum atomic E-state index is 6.16. The molecule has 0 bridgehead atoms. The van der Waals surface area contributed by atoms with Crippen molar-refractivity contribution in [2.75, 3.05) is 18.2 Å². The normalized spacial score (nSPS) is 10.7. The van der Waals surface area contributed by atoms with Gasteiger partial charge in [-0.05, 0) is 42.8 Å². The highest BCUT2D eigenvalue weighted by Gasteiger charge is 2.07. The van der Waals surface area contributed by atoms with E-state index in [1.165, 1.54) is 0 Å². The molecule has 3 aromatic rings. The minimum Gasteiger partial charge on any atom is -0.496 e. The molecule has 0 saturated carbocycles. The molecule has 2 aromatic carbocycles. The van der Waals surface area contributed by atoms with Crippen LogP contribution in [0.15, 0.2) is 35.8 Å². The van der Waals surface area contributed by atoms with Crippen molar-refractivity contribution in [2.24, 2.45) is 0 Å². The molecule has 1 aromatic heterocycles. The molecule has 3 N–H and O–H groups in total. The summed E-state index contributed by atoms with van der Waals surface area (Å²) in [6.45, 7) is 2.01. The highest BCUT2D eigenvalue weighted by atomic mass is 32.1. The predicted molar refractivity (Wildman–Crippen MR) is 85.0 cm³/mol. The number of thiazole rings is 1. The Kier molecular flexibility index (Phi) is 3.20. The van der Waals surface area contributed by atoms with Gasteiger partial charge in [0, 0.05) is 5.69 Å². The number of hydrogen-bond donors (Lipinski definition) is 2. The lowest BCUT2D eigenvalue weighted by Crippen LogP contribution is -1.98. The van der Waals surface area contributed by atoms with Gasteiger partial charge < -0.3 is 15.8 Å². The molecule has 20 heavy (non-hydrogen) atoms. The summed E-state index contributed by atoms with van der Waals surface area (Å²) in [5, 5.41) is 3.33. The van der Waals surface area contributed by atoms with E-state index in [2.05, 4.69) is 10.3 Å². The lowest BCUT2D eigenvalue weighted by Gasteiger charge is -2.12. The van der Waals surface area contributed by atoms with Gasteiger partial charge in [-0.2, -0.15) is 0 Å². The lowest BCUT2D eigenvalue weighted by molar-refractivity contribution is 0.412. The van der Waals surface area contributed by atoms with E-state index < -0.39 is 0 Å². The standard InChI is InChI=1S/C15H15N3OS/c1-9-7-10(3-5-12(9)19-2)18-11-4-6-13-15(14(11)16)17-8-20-13/h3-8,18H,16H2,1-2H3. The monoisotopic (exact) mass is 285 g/mol. The van der Waals surface area contributed by atoms with Crippen molar-refractivity contribution in [1.29, 1.82) is 0 Å². The fourth-order valence-corrected chi connectivity index (χ4v) is 2.87. The molecule has 5 heteroatoms. The number of aryl methyl sites for hydroxylation is 1. The molecular weight excluding hydrogens is 270 g/mol. The smallest absolute Gasteiger partial charge is 0.121 e. The number of nitrogens with zero attached hydrogens (tertiary/aromatic N) is 1. The van der Waals surface area contributed by atoms with Gasteiger partial charge >= 0.3 is 0 Å². The van der Waals surface area contributed by atoms with Crippen molar-refractivity contribution in [3.8, 4) is 5.75 Å². The van der Waals surface area contributed by atoms with Gasteiger partial charge in [0.2, 0.25) is 0 Å². The number of nitrogens with two attached hydrogens (primary N) is 1. The zero-order valence-corrected chi connectivity index (χ0v) is 12.1. The Hall–Kier alpha value is -2.27. The Labute approximate surface area is 121 Å². The van der Waals surface area contributed by atoms with Crippen molar-refractivity contribution in [2.45, 2.75) is 6.92 Å². The minimum absolute atomic E-state index is 0.678. The molecule has 0 radical (unpaired) electrons. The Morgan fingerprint density at radius 1 is 1.25 bits per heavy atom. The van der Waals surface area contributed by atoms with Crippen LogP contribution in [0.25, 0.3) is 10.2 Å². The molecule has 0 aliphatic carbocycles. The topological polar surface area (TPSA) is 60.2 Å². The number of nitrogens with one attached hydrogen (secondary N) is 1. The third kappa shape index (κ3) is 2.16. The summed E-state index contributed by atoms with van der Waals surface area (Å²) in [6.07, 6.45) is 0. The van der Waals surface area contributed by atoms with E-state index in [9.17, 15) is 0 Å². The van der Waals surface area contributed by atoms with Gasteiger partial charge in [0.25, 0.3) is 0 Å². The molecule has 4 nitrogen and oxygen atoms in total. The molecule has 0 amide bonds. The van der Waals surface area contributed by atoms with E-state index in [1.807, 2.05) is 42.8 Å². The zero-order valence-electron chi connectivity index (χ0n) is 11.3. The largest absolute Gasteiger partial charge is 0.496 e. The first-order valence-corrected chi connectivity index (χ1v) is 7.10. The highest BCUT2D eigenvalue weighted by molar-refractivity contribution is 7.16. The van der Waals surface area contributed by atoms with E-state index in [-0.39, 0.29) is 0 Å². The van der Waals surface area contributed by atoms with Gasteiger partial charge in [0.1, 0.15) is 11.3 Å². The number of fused-ring (bicyclic) bond motifs is 1. The van der Waals surface area contributed by atoms with Crippen molar-refractivity contribution in [3.63, 3.8) is 0 Å². The molecule has 0 saturated heterocycles. The highest BCUT2D eigenvalue weighted by Crippen LogP contribution is 2.32. The number of nitrogen functional groups attached to an aromatic ring is 1. The average Bonchev–Trinajstić information content (AvgIpc) is 2.91. The van der Waals surface area contributed by atoms with E-state index in [0.717, 1.165) is 32.9 Å². The molecule has 102 valence electrons. The Bertz CT molecular complexity index is 767. The van der Waals surface area contributed by atoms with Gasteiger partial charge in [-0.3, -0.25) is 0 Å².